The number of hydrogen-bond donors (Lipinski definition) is 1. The predicted octanol–water partition coefficient (Wildman–Crippen LogP) is 1.61. The van der Waals surface area contributed by atoms with Gasteiger partial charge >= 0.3 is 5.97 Å². The molecule has 0 saturated heterocycles. The van der Waals surface area contributed by atoms with Gasteiger partial charge < -0.3 is 15.0 Å². The highest BCUT2D eigenvalue weighted by molar-refractivity contribution is 5.92. The molecule has 0 spiro atoms. The summed E-state index contributed by atoms with van der Waals surface area (Å²) in [5.74, 6) is 1.55. The van der Waals surface area contributed by atoms with Crippen molar-refractivity contribution in [2.24, 2.45) is 11.8 Å². The van der Waals surface area contributed by atoms with Gasteiger partial charge in [-0.15, -0.1) is 0 Å². The van der Waals surface area contributed by atoms with E-state index in [1.54, 1.807) is 6.33 Å². The number of esters is 1. The topological polar surface area (TPSA) is 70.1 Å². The van der Waals surface area contributed by atoms with Gasteiger partial charge in [0.15, 0.2) is 5.69 Å². The van der Waals surface area contributed by atoms with Crippen LogP contribution in [0.5, 0.6) is 0 Å². The third-order valence-corrected chi connectivity index (χ3v) is 4.27. The highest BCUT2D eigenvalue weighted by Gasteiger charge is 2.41. The number of hydrogen-bond acceptors (Lipinski definition) is 4. The molecule has 3 unspecified atom stereocenters. The molecule has 92 valence electrons. The van der Waals surface area contributed by atoms with Crippen molar-refractivity contribution >= 4 is 11.8 Å². The van der Waals surface area contributed by atoms with Crippen molar-refractivity contribution in [3.8, 4) is 0 Å². The quantitative estimate of drug-likeness (QED) is 0.791. The van der Waals surface area contributed by atoms with Crippen molar-refractivity contribution in [1.82, 2.24) is 9.55 Å². The molecule has 3 atom stereocenters. The van der Waals surface area contributed by atoms with Crippen LogP contribution in [0.4, 0.5) is 5.82 Å². The fraction of sp³-hybridized carbons (Fsp3) is 0.667. The van der Waals surface area contributed by atoms with Gasteiger partial charge in [0, 0.05) is 6.04 Å². The Hall–Kier alpha value is -1.52. The lowest BCUT2D eigenvalue weighted by Gasteiger charge is -2.23. The number of carbonyl (C=O) groups excluding carboxylic acids is 1. The van der Waals surface area contributed by atoms with Crippen molar-refractivity contribution in [2.45, 2.75) is 31.7 Å². The minimum Gasteiger partial charge on any atom is -0.464 e. The Morgan fingerprint density at radius 1 is 1.53 bits per heavy atom. The smallest absolute Gasteiger partial charge is 0.360 e. The number of carbonyl (C=O) groups is 1. The SMILES string of the molecule is COC(=O)c1ncn(C2CC3CCC2C3)c1N. The van der Waals surface area contributed by atoms with E-state index in [1.165, 1.54) is 32.8 Å². The van der Waals surface area contributed by atoms with Crippen LogP contribution in [0.2, 0.25) is 0 Å². The van der Waals surface area contributed by atoms with E-state index in [0.717, 1.165) is 5.92 Å². The molecule has 1 aromatic rings. The minimum atomic E-state index is -0.454. The maximum absolute atomic E-state index is 11.4. The summed E-state index contributed by atoms with van der Waals surface area (Å²) in [6.45, 7) is 0. The summed E-state index contributed by atoms with van der Waals surface area (Å²) in [4.78, 5) is 15.5. The number of nitrogens with two attached hydrogens (primary N) is 1. The number of ether oxygens (including phenoxy) is 1. The van der Waals surface area contributed by atoms with Gasteiger partial charge in [0.25, 0.3) is 0 Å². The standard InChI is InChI=1S/C12H17N3O2/c1-17-12(16)10-11(13)15(6-14-10)9-5-7-2-3-8(9)4-7/h6-9H,2-5,13H2,1H3. The van der Waals surface area contributed by atoms with Gasteiger partial charge in [-0.25, -0.2) is 9.78 Å². The molecule has 0 amide bonds. The summed E-state index contributed by atoms with van der Waals surface area (Å²) in [5.41, 5.74) is 6.24. The second-order valence-electron chi connectivity index (χ2n) is 5.12. The lowest BCUT2D eigenvalue weighted by Crippen LogP contribution is -2.18. The average Bonchev–Trinajstić information content (AvgIpc) is 3.02. The zero-order valence-electron chi connectivity index (χ0n) is 9.93. The monoisotopic (exact) mass is 235 g/mol. The van der Waals surface area contributed by atoms with Crippen LogP contribution < -0.4 is 5.73 Å². The van der Waals surface area contributed by atoms with Crippen LogP contribution in [0.1, 0.15) is 42.2 Å². The summed E-state index contributed by atoms with van der Waals surface area (Å²) in [7, 11) is 1.35. The summed E-state index contributed by atoms with van der Waals surface area (Å²) in [6, 6.07) is 0.430. The van der Waals surface area contributed by atoms with Crippen LogP contribution in [0, 0.1) is 11.8 Å². The molecule has 3 rings (SSSR count). The zero-order chi connectivity index (χ0) is 12.0. The van der Waals surface area contributed by atoms with Crippen molar-refractivity contribution in [3.05, 3.63) is 12.0 Å². The van der Waals surface area contributed by atoms with Gasteiger partial charge in [-0.1, -0.05) is 6.42 Å². The maximum Gasteiger partial charge on any atom is 0.360 e. The van der Waals surface area contributed by atoms with E-state index in [1.807, 2.05) is 4.57 Å². The van der Waals surface area contributed by atoms with Crippen LogP contribution in [0.25, 0.3) is 0 Å². The number of methoxy groups -OCH3 is 1. The first-order valence-corrected chi connectivity index (χ1v) is 6.11. The second-order valence-corrected chi connectivity index (χ2v) is 5.12. The van der Waals surface area contributed by atoms with E-state index in [4.69, 9.17) is 5.73 Å². The number of anilines is 1. The van der Waals surface area contributed by atoms with Gasteiger partial charge in [-0.3, -0.25) is 0 Å². The molecular weight excluding hydrogens is 218 g/mol. The first kappa shape index (κ1) is 10.6. The summed E-state index contributed by atoms with van der Waals surface area (Å²) < 4.78 is 6.63. The number of rotatable bonds is 2. The minimum absolute atomic E-state index is 0.246. The molecule has 0 aromatic carbocycles. The second kappa shape index (κ2) is 3.75. The Kier molecular flexibility index (Phi) is 2.34. The highest BCUT2D eigenvalue weighted by Crippen LogP contribution is 2.51. The van der Waals surface area contributed by atoms with E-state index >= 15 is 0 Å². The Balaban J connectivity index is 1.89. The lowest BCUT2D eigenvalue weighted by molar-refractivity contribution is 0.0596. The number of aromatic nitrogens is 2. The van der Waals surface area contributed by atoms with E-state index < -0.39 is 5.97 Å². The van der Waals surface area contributed by atoms with Crippen LogP contribution >= 0.6 is 0 Å². The van der Waals surface area contributed by atoms with Crippen molar-refractivity contribution in [1.29, 1.82) is 0 Å². The Morgan fingerprint density at radius 3 is 2.94 bits per heavy atom. The summed E-state index contributed by atoms with van der Waals surface area (Å²) >= 11 is 0. The Morgan fingerprint density at radius 2 is 2.35 bits per heavy atom. The van der Waals surface area contributed by atoms with E-state index in [9.17, 15) is 4.79 Å². The molecule has 1 aromatic heterocycles. The predicted molar refractivity (Wildman–Crippen MR) is 62.5 cm³/mol. The highest BCUT2D eigenvalue weighted by atomic mass is 16.5. The molecule has 17 heavy (non-hydrogen) atoms. The third-order valence-electron chi connectivity index (χ3n) is 4.27. The van der Waals surface area contributed by atoms with Crippen LogP contribution in [0.15, 0.2) is 6.33 Å². The van der Waals surface area contributed by atoms with Crippen LogP contribution in [0.3, 0.4) is 0 Å². The van der Waals surface area contributed by atoms with Gasteiger partial charge in [-0.2, -0.15) is 0 Å². The van der Waals surface area contributed by atoms with E-state index in [0.29, 0.717) is 17.8 Å². The fourth-order valence-electron chi connectivity index (χ4n) is 3.44. The number of fused-ring (bicyclic) bond motifs is 2. The van der Waals surface area contributed by atoms with Gasteiger partial charge in [0.2, 0.25) is 0 Å². The first-order valence-electron chi connectivity index (χ1n) is 6.11. The molecule has 2 saturated carbocycles. The van der Waals surface area contributed by atoms with Gasteiger partial charge in [-0.05, 0) is 31.1 Å². The molecule has 0 aliphatic heterocycles. The lowest BCUT2D eigenvalue weighted by atomic mass is 9.95. The molecule has 0 radical (unpaired) electrons. The van der Waals surface area contributed by atoms with Crippen LogP contribution in [-0.2, 0) is 4.74 Å². The Labute approximate surface area is 100.0 Å². The molecule has 1 heterocycles. The normalized spacial score (nSPS) is 30.8. The zero-order valence-corrected chi connectivity index (χ0v) is 9.93. The van der Waals surface area contributed by atoms with E-state index in [-0.39, 0.29) is 5.69 Å². The summed E-state index contributed by atoms with van der Waals surface area (Å²) in [5, 5.41) is 0. The fourth-order valence-corrected chi connectivity index (χ4v) is 3.44. The molecule has 2 aliphatic carbocycles. The van der Waals surface area contributed by atoms with Crippen molar-refractivity contribution in [3.63, 3.8) is 0 Å². The molecule has 2 aliphatic rings. The maximum atomic E-state index is 11.4. The Bertz CT molecular complexity index is 455. The number of imidazole rings is 1. The average molecular weight is 235 g/mol. The number of nitrogens with zero attached hydrogens (tertiary/aromatic N) is 2. The molecule has 2 N–H and O–H groups in total. The molecule has 2 bridgehead atoms. The molecule has 5 heteroatoms. The number of nitrogen functional groups attached to an aromatic ring is 1. The first-order chi connectivity index (χ1) is 8.20. The van der Waals surface area contributed by atoms with Gasteiger partial charge in [0.1, 0.15) is 5.82 Å². The van der Waals surface area contributed by atoms with Crippen LogP contribution in [-0.4, -0.2) is 22.6 Å². The third kappa shape index (κ3) is 1.52. The van der Waals surface area contributed by atoms with Gasteiger partial charge in [0.05, 0.1) is 13.4 Å². The molecule has 2 fully saturated rings. The van der Waals surface area contributed by atoms with Crippen molar-refractivity contribution < 1.29 is 9.53 Å². The van der Waals surface area contributed by atoms with Crippen molar-refractivity contribution in [2.75, 3.05) is 12.8 Å². The summed E-state index contributed by atoms with van der Waals surface area (Å²) in [6.07, 6.45) is 6.79. The largest absolute Gasteiger partial charge is 0.464 e. The molecule has 5 nitrogen and oxygen atoms in total. The molecular formula is C12H17N3O2. The van der Waals surface area contributed by atoms with E-state index in [2.05, 4.69) is 9.72 Å².